The van der Waals surface area contributed by atoms with E-state index >= 15 is 0 Å². The van der Waals surface area contributed by atoms with Crippen LogP contribution in [-0.2, 0) is 6.18 Å². The van der Waals surface area contributed by atoms with Gasteiger partial charge in [-0.05, 0) is 18.1 Å². The van der Waals surface area contributed by atoms with E-state index in [0.717, 1.165) is 18.3 Å². The molecular formula is C11H12F3NO. The van der Waals surface area contributed by atoms with Gasteiger partial charge in [0.1, 0.15) is 5.69 Å². The summed E-state index contributed by atoms with van der Waals surface area (Å²) < 4.78 is 37.1. The number of alkyl halides is 3. The van der Waals surface area contributed by atoms with Crippen molar-refractivity contribution in [2.24, 2.45) is 5.92 Å². The SMILES string of the molecule is CC(C)CC(=O)c1cc(C(F)(F)F)ccn1. The van der Waals surface area contributed by atoms with Crippen molar-refractivity contribution in [3.63, 3.8) is 0 Å². The van der Waals surface area contributed by atoms with E-state index in [2.05, 4.69) is 4.98 Å². The van der Waals surface area contributed by atoms with Gasteiger partial charge < -0.3 is 0 Å². The lowest BCUT2D eigenvalue weighted by atomic mass is 10.0. The number of aromatic nitrogens is 1. The molecule has 0 unspecified atom stereocenters. The average molecular weight is 231 g/mol. The lowest BCUT2D eigenvalue weighted by molar-refractivity contribution is -0.137. The minimum absolute atomic E-state index is 0.101. The first kappa shape index (κ1) is 12.7. The highest BCUT2D eigenvalue weighted by Gasteiger charge is 2.31. The summed E-state index contributed by atoms with van der Waals surface area (Å²) in [7, 11) is 0. The van der Waals surface area contributed by atoms with Crippen LogP contribution in [0.1, 0.15) is 36.3 Å². The van der Waals surface area contributed by atoms with Crippen LogP contribution in [-0.4, -0.2) is 10.8 Å². The van der Waals surface area contributed by atoms with Crippen molar-refractivity contribution in [2.75, 3.05) is 0 Å². The van der Waals surface area contributed by atoms with E-state index in [9.17, 15) is 18.0 Å². The second-order valence-electron chi connectivity index (χ2n) is 3.95. The molecular weight excluding hydrogens is 219 g/mol. The lowest BCUT2D eigenvalue weighted by Gasteiger charge is -2.08. The smallest absolute Gasteiger partial charge is 0.292 e. The molecule has 88 valence electrons. The standard InChI is InChI=1S/C11H12F3NO/c1-7(2)5-10(16)9-6-8(3-4-15-9)11(12,13)14/h3-4,6-7H,5H2,1-2H3. The molecule has 0 radical (unpaired) electrons. The minimum atomic E-state index is -4.43. The van der Waals surface area contributed by atoms with Crippen molar-refractivity contribution < 1.29 is 18.0 Å². The normalized spacial score (nSPS) is 11.9. The highest BCUT2D eigenvalue weighted by atomic mass is 19.4. The number of hydrogen-bond acceptors (Lipinski definition) is 2. The first-order chi connectivity index (χ1) is 7.30. The summed E-state index contributed by atoms with van der Waals surface area (Å²) in [6.07, 6.45) is -3.22. The molecule has 0 bridgehead atoms. The van der Waals surface area contributed by atoms with Crippen molar-refractivity contribution in [3.05, 3.63) is 29.6 Å². The molecule has 1 aromatic rings. The van der Waals surface area contributed by atoms with Crippen LogP contribution < -0.4 is 0 Å². The van der Waals surface area contributed by atoms with Crippen molar-refractivity contribution in [1.82, 2.24) is 4.98 Å². The van der Waals surface area contributed by atoms with E-state index < -0.39 is 11.7 Å². The molecule has 0 saturated carbocycles. The summed E-state index contributed by atoms with van der Waals surface area (Å²) in [5.74, 6) is -0.259. The van der Waals surface area contributed by atoms with Gasteiger partial charge in [0, 0.05) is 12.6 Å². The second kappa shape index (κ2) is 4.63. The number of halogens is 3. The largest absolute Gasteiger partial charge is 0.416 e. The Kier molecular flexibility index (Phi) is 3.67. The van der Waals surface area contributed by atoms with E-state index in [1.165, 1.54) is 0 Å². The zero-order chi connectivity index (χ0) is 12.3. The van der Waals surface area contributed by atoms with E-state index in [4.69, 9.17) is 0 Å². The molecule has 1 aromatic heterocycles. The molecule has 0 aliphatic carbocycles. The zero-order valence-electron chi connectivity index (χ0n) is 9.01. The van der Waals surface area contributed by atoms with Gasteiger partial charge in [0.15, 0.2) is 5.78 Å². The predicted molar refractivity (Wildman–Crippen MR) is 53.0 cm³/mol. The molecule has 1 rings (SSSR count). The number of carbonyl (C=O) groups is 1. The number of carbonyl (C=O) groups excluding carboxylic acids is 1. The molecule has 0 spiro atoms. The number of hydrogen-bond donors (Lipinski definition) is 0. The van der Waals surface area contributed by atoms with Gasteiger partial charge in [-0.3, -0.25) is 9.78 Å². The van der Waals surface area contributed by atoms with Gasteiger partial charge in [-0.25, -0.2) is 0 Å². The summed E-state index contributed by atoms with van der Waals surface area (Å²) in [4.78, 5) is 15.2. The van der Waals surface area contributed by atoms with E-state index in [-0.39, 0.29) is 23.8 Å². The first-order valence-electron chi connectivity index (χ1n) is 4.87. The van der Waals surface area contributed by atoms with Gasteiger partial charge in [0.05, 0.1) is 5.56 Å². The van der Waals surface area contributed by atoms with Crippen LogP contribution in [0.4, 0.5) is 13.2 Å². The Bertz CT molecular complexity index is 385. The van der Waals surface area contributed by atoms with Gasteiger partial charge in [0.25, 0.3) is 0 Å². The van der Waals surface area contributed by atoms with E-state index in [1.807, 2.05) is 13.8 Å². The van der Waals surface area contributed by atoms with E-state index in [1.54, 1.807) is 0 Å². The van der Waals surface area contributed by atoms with Gasteiger partial charge in [-0.1, -0.05) is 13.8 Å². The Morgan fingerprint density at radius 2 is 2.06 bits per heavy atom. The van der Waals surface area contributed by atoms with E-state index in [0.29, 0.717) is 0 Å². The number of Topliss-reactive ketones (excluding diaryl/α,β-unsaturated/α-hetero) is 1. The second-order valence-corrected chi connectivity index (χ2v) is 3.95. The van der Waals surface area contributed by atoms with Gasteiger partial charge >= 0.3 is 6.18 Å². The summed E-state index contributed by atoms with van der Waals surface area (Å²) in [5.41, 5.74) is -0.960. The highest BCUT2D eigenvalue weighted by Crippen LogP contribution is 2.29. The fourth-order valence-corrected chi connectivity index (χ4v) is 1.23. The van der Waals surface area contributed by atoms with Crippen LogP contribution in [0.15, 0.2) is 18.3 Å². The molecule has 0 saturated heterocycles. The molecule has 0 amide bonds. The monoisotopic (exact) mass is 231 g/mol. The third-order valence-electron chi connectivity index (χ3n) is 1.97. The first-order valence-corrected chi connectivity index (χ1v) is 4.87. The average Bonchev–Trinajstić information content (AvgIpc) is 2.15. The number of ketones is 1. The lowest BCUT2D eigenvalue weighted by Crippen LogP contribution is -2.10. The fourth-order valence-electron chi connectivity index (χ4n) is 1.23. The predicted octanol–water partition coefficient (Wildman–Crippen LogP) is 3.33. The molecule has 0 atom stereocenters. The van der Waals surface area contributed by atoms with Crippen molar-refractivity contribution in [1.29, 1.82) is 0 Å². The quantitative estimate of drug-likeness (QED) is 0.747. The van der Waals surface area contributed by atoms with Crippen molar-refractivity contribution in [3.8, 4) is 0 Å². The Labute approximate surface area is 91.5 Å². The maximum atomic E-state index is 12.4. The third kappa shape index (κ3) is 3.32. The molecule has 0 aliphatic heterocycles. The maximum Gasteiger partial charge on any atom is 0.416 e. The summed E-state index contributed by atoms with van der Waals surface area (Å²) in [6, 6.07) is 1.65. The van der Waals surface area contributed by atoms with Crippen LogP contribution in [0.5, 0.6) is 0 Å². The number of rotatable bonds is 3. The zero-order valence-corrected chi connectivity index (χ0v) is 9.01. The molecule has 2 nitrogen and oxygen atoms in total. The Balaban J connectivity index is 2.95. The van der Waals surface area contributed by atoms with Crippen LogP contribution in [0.2, 0.25) is 0 Å². The van der Waals surface area contributed by atoms with Crippen LogP contribution in [0.25, 0.3) is 0 Å². The fraction of sp³-hybridized carbons (Fsp3) is 0.455. The molecule has 0 fully saturated rings. The van der Waals surface area contributed by atoms with Gasteiger partial charge in [-0.2, -0.15) is 13.2 Å². The van der Waals surface area contributed by atoms with Crippen LogP contribution in [0.3, 0.4) is 0 Å². The third-order valence-corrected chi connectivity index (χ3v) is 1.97. The molecule has 0 N–H and O–H groups in total. The summed E-state index contributed by atoms with van der Waals surface area (Å²) >= 11 is 0. The van der Waals surface area contributed by atoms with Crippen LogP contribution in [0, 0.1) is 5.92 Å². The van der Waals surface area contributed by atoms with Crippen molar-refractivity contribution in [2.45, 2.75) is 26.4 Å². The molecule has 0 aromatic carbocycles. The topological polar surface area (TPSA) is 30.0 Å². The molecule has 1 heterocycles. The Morgan fingerprint density at radius 1 is 1.44 bits per heavy atom. The number of pyridine rings is 1. The Morgan fingerprint density at radius 3 is 2.56 bits per heavy atom. The molecule has 5 heteroatoms. The summed E-state index contributed by atoms with van der Waals surface area (Å²) in [5, 5.41) is 0. The molecule has 16 heavy (non-hydrogen) atoms. The maximum absolute atomic E-state index is 12.4. The van der Waals surface area contributed by atoms with Gasteiger partial charge in [-0.15, -0.1) is 0 Å². The van der Waals surface area contributed by atoms with Crippen LogP contribution >= 0.6 is 0 Å². The van der Waals surface area contributed by atoms with Gasteiger partial charge in [0.2, 0.25) is 0 Å². The highest BCUT2D eigenvalue weighted by molar-refractivity contribution is 5.94. The number of nitrogens with zero attached hydrogens (tertiary/aromatic N) is 1. The van der Waals surface area contributed by atoms with Crippen molar-refractivity contribution >= 4 is 5.78 Å². The Hall–Kier alpha value is -1.39. The minimum Gasteiger partial charge on any atom is -0.292 e. The molecule has 0 aliphatic rings. The summed E-state index contributed by atoms with van der Waals surface area (Å²) in [6.45, 7) is 3.65.